The SMILES string of the molecule is CCCC(CC(=O)NC(C)(C)C)n1ccnc1. The Bertz CT molecular complexity index is 338. The zero-order valence-electron chi connectivity index (χ0n) is 11.2. The molecule has 0 aromatic carbocycles. The molecule has 0 radical (unpaired) electrons. The van der Waals surface area contributed by atoms with Gasteiger partial charge in [-0.2, -0.15) is 0 Å². The third-order valence-corrected chi connectivity index (χ3v) is 2.50. The number of aromatic nitrogens is 2. The van der Waals surface area contributed by atoms with E-state index < -0.39 is 0 Å². The van der Waals surface area contributed by atoms with E-state index in [1.54, 1.807) is 12.5 Å². The molecule has 17 heavy (non-hydrogen) atoms. The second-order valence-electron chi connectivity index (χ2n) is 5.45. The van der Waals surface area contributed by atoms with Crippen molar-refractivity contribution < 1.29 is 4.79 Å². The lowest BCUT2D eigenvalue weighted by Crippen LogP contribution is -2.41. The lowest BCUT2D eigenvalue weighted by molar-refractivity contribution is -0.123. The van der Waals surface area contributed by atoms with Crippen LogP contribution in [0.3, 0.4) is 0 Å². The normalized spacial score (nSPS) is 13.4. The Hall–Kier alpha value is -1.32. The predicted octanol–water partition coefficient (Wildman–Crippen LogP) is 2.53. The molecule has 1 rings (SSSR count). The molecular weight excluding hydrogens is 214 g/mol. The van der Waals surface area contributed by atoms with E-state index in [1.165, 1.54) is 0 Å². The number of carbonyl (C=O) groups is 1. The minimum atomic E-state index is -0.164. The molecule has 0 aliphatic heterocycles. The van der Waals surface area contributed by atoms with E-state index in [1.807, 2.05) is 31.5 Å². The fourth-order valence-electron chi connectivity index (χ4n) is 1.86. The quantitative estimate of drug-likeness (QED) is 0.855. The van der Waals surface area contributed by atoms with Gasteiger partial charge in [-0.05, 0) is 27.2 Å². The molecule has 1 atom stereocenters. The van der Waals surface area contributed by atoms with E-state index in [9.17, 15) is 4.79 Å². The molecule has 1 N–H and O–H groups in total. The zero-order chi connectivity index (χ0) is 12.9. The van der Waals surface area contributed by atoms with Crippen molar-refractivity contribution in [3.63, 3.8) is 0 Å². The molecule has 1 heterocycles. The van der Waals surface area contributed by atoms with E-state index in [0.717, 1.165) is 12.8 Å². The minimum Gasteiger partial charge on any atom is -0.351 e. The van der Waals surface area contributed by atoms with Crippen molar-refractivity contribution in [1.82, 2.24) is 14.9 Å². The molecular formula is C13H23N3O. The molecule has 0 saturated carbocycles. The third-order valence-electron chi connectivity index (χ3n) is 2.50. The molecule has 0 aliphatic rings. The van der Waals surface area contributed by atoms with Gasteiger partial charge < -0.3 is 9.88 Å². The smallest absolute Gasteiger partial charge is 0.222 e. The fourth-order valence-corrected chi connectivity index (χ4v) is 1.86. The van der Waals surface area contributed by atoms with Gasteiger partial charge in [0.25, 0.3) is 0 Å². The predicted molar refractivity (Wildman–Crippen MR) is 68.7 cm³/mol. The first-order valence-electron chi connectivity index (χ1n) is 6.21. The maximum Gasteiger partial charge on any atom is 0.222 e. The van der Waals surface area contributed by atoms with Gasteiger partial charge >= 0.3 is 0 Å². The summed E-state index contributed by atoms with van der Waals surface area (Å²) in [6.07, 6.45) is 8.03. The largest absolute Gasteiger partial charge is 0.351 e. The lowest BCUT2D eigenvalue weighted by atomic mass is 10.1. The summed E-state index contributed by atoms with van der Waals surface area (Å²) < 4.78 is 2.02. The van der Waals surface area contributed by atoms with Crippen molar-refractivity contribution in [2.75, 3.05) is 0 Å². The summed E-state index contributed by atoms with van der Waals surface area (Å²) in [7, 11) is 0. The number of imidazole rings is 1. The summed E-state index contributed by atoms with van der Waals surface area (Å²) in [6.45, 7) is 8.12. The Balaban J connectivity index is 2.59. The first kappa shape index (κ1) is 13.7. The highest BCUT2D eigenvalue weighted by Gasteiger charge is 2.18. The van der Waals surface area contributed by atoms with Crippen molar-refractivity contribution in [1.29, 1.82) is 0 Å². The van der Waals surface area contributed by atoms with Crippen LogP contribution >= 0.6 is 0 Å². The van der Waals surface area contributed by atoms with Crippen LogP contribution in [0.15, 0.2) is 18.7 Å². The van der Waals surface area contributed by atoms with Gasteiger partial charge in [-0.25, -0.2) is 4.98 Å². The molecule has 0 bridgehead atoms. The monoisotopic (exact) mass is 237 g/mol. The maximum atomic E-state index is 11.9. The molecule has 4 heteroatoms. The average molecular weight is 237 g/mol. The molecule has 96 valence electrons. The lowest BCUT2D eigenvalue weighted by Gasteiger charge is -2.23. The average Bonchev–Trinajstić information content (AvgIpc) is 2.66. The number of amides is 1. The van der Waals surface area contributed by atoms with Crippen LogP contribution in [0.25, 0.3) is 0 Å². The number of nitrogens with zero attached hydrogens (tertiary/aromatic N) is 2. The summed E-state index contributed by atoms with van der Waals surface area (Å²) in [4.78, 5) is 15.9. The van der Waals surface area contributed by atoms with Crippen molar-refractivity contribution in [3.05, 3.63) is 18.7 Å². The molecule has 0 fully saturated rings. The Labute approximate surface area is 103 Å². The van der Waals surface area contributed by atoms with Gasteiger partial charge in [-0.15, -0.1) is 0 Å². The van der Waals surface area contributed by atoms with Crippen LogP contribution in [0.5, 0.6) is 0 Å². The molecule has 0 spiro atoms. The van der Waals surface area contributed by atoms with E-state index >= 15 is 0 Å². The molecule has 1 unspecified atom stereocenters. The first-order chi connectivity index (χ1) is 7.92. The van der Waals surface area contributed by atoms with Crippen molar-refractivity contribution >= 4 is 5.91 Å². The Morgan fingerprint density at radius 1 is 1.47 bits per heavy atom. The van der Waals surface area contributed by atoms with Gasteiger partial charge in [0, 0.05) is 30.4 Å². The Morgan fingerprint density at radius 3 is 2.65 bits per heavy atom. The van der Waals surface area contributed by atoms with Crippen LogP contribution in [-0.4, -0.2) is 21.0 Å². The number of nitrogens with one attached hydrogen (secondary N) is 1. The first-order valence-corrected chi connectivity index (χ1v) is 6.21. The van der Waals surface area contributed by atoms with Crippen molar-refractivity contribution in [2.24, 2.45) is 0 Å². The molecule has 1 aromatic heterocycles. The Morgan fingerprint density at radius 2 is 2.18 bits per heavy atom. The molecule has 1 amide bonds. The summed E-state index contributed by atoms with van der Waals surface area (Å²) in [6, 6.07) is 0.213. The van der Waals surface area contributed by atoms with Gasteiger partial charge in [0.2, 0.25) is 5.91 Å². The topological polar surface area (TPSA) is 46.9 Å². The van der Waals surface area contributed by atoms with E-state index in [4.69, 9.17) is 0 Å². The number of hydrogen-bond donors (Lipinski definition) is 1. The third kappa shape index (κ3) is 5.02. The standard InChI is InChI=1S/C13H23N3O/c1-5-6-11(16-8-7-14-10-16)9-12(17)15-13(2,3)4/h7-8,10-11H,5-6,9H2,1-4H3,(H,15,17). The van der Waals surface area contributed by atoms with Crippen LogP contribution in [0.1, 0.15) is 53.0 Å². The molecule has 0 aliphatic carbocycles. The summed E-state index contributed by atoms with van der Waals surface area (Å²) >= 11 is 0. The summed E-state index contributed by atoms with van der Waals surface area (Å²) in [5, 5.41) is 3.00. The summed E-state index contributed by atoms with van der Waals surface area (Å²) in [5.74, 6) is 0.102. The van der Waals surface area contributed by atoms with Crippen LogP contribution < -0.4 is 5.32 Å². The maximum absolute atomic E-state index is 11.9. The van der Waals surface area contributed by atoms with Gasteiger partial charge in [-0.1, -0.05) is 13.3 Å². The zero-order valence-corrected chi connectivity index (χ0v) is 11.2. The van der Waals surface area contributed by atoms with Crippen LogP contribution in [0.4, 0.5) is 0 Å². The second-order valence-corrected chi connectivity index (χ2v) is 5.45. The van der Waals surface area contributed by atoms with E-state index in [0.29, 0.717) is 6.42 Å². The van der Waals surface area contributed by atoms with Crippen molar-refractivity contribution in [3.8, 4) is 0 Å². The number of rotatable bonds is 5. The van der Waals surface area contributed by atoms with Crippen LogP contribution in [-0.2, 0) is 4.79 Å². The highest BCUT2D eigenvalue weighted by molar-refractivity contribution is 5.77. The molecule has 0 saturated heterocycles. The molecule has 1 aromatic rings. The van der Waals surface area contributed by atoms with Gasteiger partial charge in [0.05, 0.1) is 6.33 Å². The van der Waals surface area contributed by atoms with E-state index in [2.05, 4.69) is 17.2 Å². The van der Waals surface area contributed by atoms with Crippen molar-refractivity contribution in [2.45, 2.75) is 58.5 Å². The Kier molecular flexibility index (Phi) is 4.73. The van der Waals surface area contributed by atoms with Gasteiger partial charge in [0.1, 0.15) is 0 Å². The van der Waals surface area contributed by atoms with Crippen LogP contribution in [0.2, 0.25) is 0 Å². The highest BCUT2D eigenvalue weighted by atomic mass is 16.1. The van der Waals surface area contributed by atoms with Crippen LogP contribution in [0, 0.1) is 0 Å². The van der Waals surface area contributed by atoms with Gasteiger partial charge in [0.15, 0.2) is 0 Å². The number of hydrogen-bond acceptors (Lipinski definition) is 2. The van der Waals surface area contributed by atoms with E-state index in [-0.39, 0.29) is 17.5 Å². The fraction of sp³-hybridized carbons (Fsp3) is 0.692. The second kappa shape index (κ2) is 5.84. The van der Waals surface area contributed by atoms with Gasteiger partial charge in [-0.3, -0.25) is 4.79 Å². The number of carbonyl (C=O) groups excluding carboxylic acids is 1. The highest BCUT2D eigenvalue weighted by Crippen LogP contribution is 2.18. The summed E-state index contributed by atoms with van der Waals surface area (Å²) in [5.41, 5.74) is -0.164. The minimum absolute atomic E-state index is 0.102. The molecule has 4 nitrogen and oxygen atoms in total.